The molecule has 0 spiro atoms. The quantitative estimate of drug-likeness (QED) is 0.448. The van der Waals surface area contributed by atoms with Gasteiger partial charge >= 0.3 is 5.97 Å². The van der Waals surface area contributed by atoms with E-state index < -0.39 is 18.7 Å². The average molecular weight is 90.1 g/mol. The molecule has 0 aromatic carbocycles. The van der Waals surface area contributed by atoms with Crippen LogP contribution in [-0.2, 0) is 9.59 Å². The lowest BCUT2D eigenvalue weighted by atomic mass is 10.5. The van der Waals surface area contributed by atoms with Crippen molar-refractivity contribution in [3.63, 3.8) is 0 Å². The molecule has 0 aromatic rings. The molecule has 0 aromatic heterocycles. The molecule has 0 atom stereocenters. The van der Waals surface area contributed by atoms with Crippen molar-refractivity contribution < 1.29 is 16.1 Å². The SMILES string of the molecule is [3H]CC(=O)C(=O)O. The molecule has 0 unspecified atom stereocenters. The van der Waals surface area contributed by atoms with Crippen LogP contribution in [0.1, 0.15) is 8.27 Å². The molecule has 0 amide bonds. The zero-order valence-corrected chi connectivity index (χ0v) is 2.97. The summed E-state index contributed by atoms with van der Waals surface area (Å²) in [5.74, 6) is -2.60. The van der Waals surface area contributed by atoms with E-state index in [1.165, 1.54) is 0 Å². The Morgan fingerprint density at radius 1 is 1.83 bits per heavy atom. The summed E-state index contributed by atoms with van der Waals surface area (Å²) in [6, 6.07) is 0. The summed E-state index contributed by atoms with van der Waals surface area (Å²) in [4.78, 5) is 19.2. The van der Waals surface area contributed by atoms with E-state index in [0.717, 1.165) is 0 Å². The van der Waals surface area contributed by atoms with Gasteiger partial charge in [0, 0.05) is 8.27 Å². The number of hydrogen-bond donors (Lipinski definition) is 1. The van der Waals surface area contributed by atoms with Crippen LogP contribution in [0.5, 0.6) is 0 Å². The topological polar surface area (TPSA) is 54.4 Å². The Balaban J connectivity index is 3.58. The van der Waals surface area contributed by atoms with Crippen LogP contribution in [0.3, 0.4) is 0 Å². The summed E-state index contributed by atoms with van der Waals surface area (Å²) in [7, 11) is 0. The van der Waals surface area contributed by atoms with Gasteiger partial charge in [0.05, 0.1) is 0 Å². The van der Waals surface area contributed by atoms with Crippen LogP contribution in [0.2, 0.25) is 0 Å². The maximum Gasteiger partial charge on any atom is 0.371 e. The summed E-state index contributed by atoms with van der Waals surface area (Å²) in [6.45, 7) is -0.671. The Labute approximate surface area is 36.0 Å². The molecular formula is C3H4O3. The molecule has 0 fully saturated rings. The van der Waals surface area contributed by atoms with Gasteiger partial charge in [-0.2, -0.15) is 0 Å². The van der Waals surface area contributed by atoms with Crippen LogP contribution in [-0.4, -0.2) is 16.9 Å². The summed E-state index contributed by atoms with van der Waals surface area (Å²) in [5, 5.41) is 7.71. The van der Waals surface area contributed by atoms with Crippen molar-refractivity contribution in [2.45, 2.75) is 6.90 Å². The van der Waals surface area contributed by atoms with Gasteiger partial charge in [-0.25, -0.2) is 4.79 Å². The molecule has 0 bridgehead atoms. The summed E-state index contributed by atoms with van der Waals surface area (Å²) < 4.78 is 6.21. The number of Topliss-reactive ketones (excluding diaryl/α,β-unsaturated/α-hetero) is 1. The summed E-state index contributed by atoms with van der Waals surface area (Å²) in [5.41, 5.74) is 0. The molecular weight excluding hydrogens is 84.0 g/mol. The molecule has 1 N–H and O–H groups in total. The van der Waals surface area contributed by atoms with E-state index in [4.69, 9.17) is 6.48 Å². The van der Waals surface area contributed by atoms with Gasteiger partial charge in [0.1, 0.15) is 0 Å². The monoisotopic (exact) mass is 90.0 g/mol. The van der Waals surface area contributed by atoms with Gasteiger partial charge in [-0.05, 0) is 0 Å². The molecule has 3 nitrogen and oxygen atoms in total. The van der Waals surface area contributed by atoms with Crippen molar-refractivity contribution in [1.29, 1.82) is 0 Å². The second-order valence-electron chi connectivity index (χ2n) is 0.728. The number of aliphatic carboxylic acids is 1. The van der Waals surface area contributed by atoms with Gasteiger partial charge in [-0.1, -0.05) is 0 Å². The van der Waals surface area contributed by atoms with E-state index >= 15 is 0 Å². The van der Waals surface area contributed by atoms with Crippen LogP contribution in [0, 0.1) is 0 Å². The van der Waals surface area contributed by atoms with Crippen molar-refractivity contribution in [3.8, 4) is 0 Å². The Kier molecular flexibility index (Phi) is 0.859. The number of carboxylic acids is 1. The van der Waals surface area contributed by atoms with E-state index in [-0.39, 0.29) is 0 Å². The number of carbonyl (C=O) groups excluding carboxylic acids is 1. The minimum Gasteiger partial charge on any atom is -0.476 e. The largest absolute Gasteiger partial charge is 0.476 e. The van der Waals surface area contributed by atoms with E-state index in [2.05, 4.69) is 0 Å². The van der Waals surface area contributed by atoms with Crippen LogP contribution < -0.4 is 0 Å². The molecule has 34 valence electrons. The smallest absolute Gasteiger partial charge is 0.371 e. The van der Waals surface area contributed by atoms with Crippen LogP contribution in [0.4, 0.5) is 0 Å². The second kappa shape index (κ2) is 1.55. The fraction of sp³-hybridized carbons (Fsp3) is 0.333. The van der Waals surface area contributed by atoms with Crippen LogP contribution in [0.25, 0.3) is 0 Å². The van der Waals surface area contributed by atoms with Crippen LogP contribution in [0.15, 0.2) is 0 Å². The zero-order valence-electron chi connectivity index (χ0n) is 3.97. The Morgan fingerprint density at radius 3 is 2.33 bits per heavy atom. The van der Waals surface area contributed by atoms with Crippen molar-refractivity contribution in [2.24, 2.45) is 0 Å². The fourth-order valence-electron chi connectivity index (χ4n) is 0. The molecule has 0 saturated heterocycles. The Morgan fingerprint density at radius 2 is 2.33 bits per heavy atom. The normalized spacial score (nSPS) is 9.67. The van der Waals surface area contributed by atoms with Gasteiger partial charge in [0.2, 0.25) is 5.78 Å². The minimum atomic E-state index is -1.53. The first-order valence-corrected chi connectivity index (χ1v) is 1.24. The minimum absolute atomic E-state index is 0.671. The van der Waals surface area contributed by atoms with Crippen molar-refractivity contribution in [3.05, 3.63) is 0 Å². The first-order valence-electron chi connectivity index (χ1n) is 1.94. The maximum absolute atomic E-state index is 9.72. The molecule has 0 radical (unpaired) electrons. The van der Waals surface area contributed by atoms with Gasteiger partial charge in [-0.3, -0.25) is 4.79 Å². The second-order valence-corrected chi connectivity index (χ2v) is 0.728. The van der Waals surface area contributed by atoms with Gasteiger partial charge in [-0.15, -0.1) is 0 Å². The van der Waals surface area contributed by atoms with E-state index in [9.17, 15) is 9.59 Å². The number of hydrogen-bond acceptors (Lipinski definition) is 2. The molecule has 0 rings (SSSR count). The summed E-state index contributed by atoms with van der Waals surface area (Å²) >= 11 is 0. The van der Waals surface area contributed by atoms with Gasteiger partial charge in [0.15, 0.2) is 0 Å². The first kappa shape index (κ1) is 3.33. The highest BCUT2D eigenvalue weighted by Gasteiger charge is 1.98. The molecule has 6 heavy (non-hydrogen) atoms. The van der Waals surface area contributed by atoms with Gasteiger partial charge in [0.25, 0.3) is 0 Å². The lowest BCUT2D eigenvalue weighted by molar-refractivity contribution is -0.148. The third-order valence-corrected chi connectivity index (χ3v) is 0.239. The van der Waals surface area contributed by atoms with E-state index in [1.807, 2.05) is 0 Å². The number of carbonyl (C=O) groups is 2. The first-order chi connectivity index (χ1) is 3.18. The molecule has 0 aliphatic heterocycles. The Bertz CT molecular complexity index is 98.4. The van der Waals surface area contributed by atoms with E-state index in [1.54, 1.807) is 0 Å². The Hall–Kier alpha value is -0.860. The third kappa shape index (κ3) is 1.46. The number of carboxylic acid groups (broad SMARTS) is 1. The van der Waals surface area contributed by atoms with E-state index in [0.29, 0.717) is 0 Å². The fourth-order valence-corrected chi connectivity index (χ4v) is 0. The van der Waals surface area contributed by atoms with Crippen molar-refractivity contribution >= 4 is 11.8 Å². The predicted octanol–water partition coefficient (Wildman–Crippen LogP) is -0.340. The molecule has 0 aliphatic rings. The highest BCUT2D eigenvalue weighted by atomic mass is 16.4. The predicted molar refractivity (Wildman–Crippen MR) is 18.3 cm³/mol. The maximum atomic E-state index is 9.72. The zero-order chi connectivity index (χ0) is 5.86. The van der Waals surface area contributed by atoms with Crippen LogP contribution >= 0.6 is 0 Å². The van der Waals surface area contributed by atoms with Crippen molar-refractivity contribution in [2.75, 3.05) is 0 Å². The third-order valence-electron chi connectivity index (χ3n) is 0.239. The number of ketones is 1. The number of rotatable bonds is 1. The van der Waals surface area contributed by atoms with Gasteiger partial charge < -0.3 is 5.11 Å². The molecule has 0 saturated carbocycles. The molecule has 0 aliphatic carbocycles. The highest BCUT2D eigenvalue weighted by molar-refractivity contribution is 6.31. The standard InChI is InChI=1S/C3H4O3/c1-2(4)3(5)6/h1H3,(H,5,6)/i1T. The lowest BCUT2D eigenvalue weighted by Crippen LogP contribution is -2.05. The lowest BCUT2D eigenvalue weighted by Gasteiger charge is -1.73. The molecule has 0 heterocycles. The van der Waals surface area contributed by atoms with Crippen molar-refractivity contribution in [1.82, 2.24) is 0 Å². The highest BCUT2D eigenvalue weighted by Crippen LogP contribution is 1.61. The average Bonchev–Trinajstić information content (AvgIpc) is 1.65. The molecule has 3 heteroatoms. The summed E-state index contributed by atoms with van der Waals surface area (Å²) in [6.07, 6.45) is 0.